The number of anilines is 2. The lowest BCUT2D eigenvalue weighted by Gasteiger charge is -2.29. The molecule has 0 radical (unpaired) electrons. The van der Waals surface area contributed by atoms with Gasteiger partial charge in [0.15, 0.2) is 0 Å². The molecule has 1 aliphatic heterocycles. The summed E-state index contributed by atoms with van der Waals surface area (Å²) in [6.45, 7) is 2.28. The first-order valence-corrected chi connectivity index (χ1v) is 10.1. The number of benzene rings is 2. The minimum Gasteiger partial charge on any atom is -0.495 e. The van der Waals surface area contributed by atoms with Crippen molar-refractivity contribution in [2.24, 2.45) is 0 Å². The number of rotatable bonds is 4. The number of sulfonamides is 1. The topological polar surface area (TPSA) is 75.7 Å². The van der Waals surface area contributed by atoms with E-state index in [2.05, 4.69) is 5.32 Å². The normalized spacial score (nSPS) is 16.2. The van der Waals surface area contributed by atoms with Crippen LogP contribution in [0.3, 0.4) is 0 Å². The minimum absolute atomic E-state index is 0.121. The van der Waals surface area contributed by atoms with Crippen molar-refractivity contribution in [2.45, 2.75) is 19.8 Å². The van der Waals surface area contributed by atoms with Crippen molar-refractivity contribution in [1.29, 1.82) is 0 Å². The van der Waals surface area contributed by atoms with Crippen LogP contribution in [-0.2, 0) is 10.0 Å². The highest BCUT2D eigenvalue weighted by atomic mass is 32.2. The lowest BCUT2D eigenvalue weighted by atomic mass is 10.1. The van der Waals surface area contributed by atoms with Crippen LogP contribution in [0.4, 0.5) is 11.4 Å². The molecular formula is C19H22N2O4S. The predicted molar refractivity (Wildman–Crippen MR) is 102 cm³/mol. The zero-order valence-electron chi connectivity index (χ0n) is 14.9. The number of nitrogens with zero attached hydrogens (tertiary/aromatic N) is 1. The van der Waals surface area contributed by atoms with Gasteiger partial charge >= 0.3 is 0 Å². The van der Waals surface area contributed by atoms with Crippen LogP contribution in [0.2, 0.25) is 0 Å². The van der Waals surface area contributed by atoms with Crippen molar-refractivity contribution in [3.05, 3.63) is 53.6 Å². The highest BCUT2D eigenvalue weighted by Crippen LogP contribution is 2.35. The van der Waals surface area contributed by atoms with Gasteiger partial charge in [-0.1, -0.05) is 18.2 Å². The molecule has 7 heteroatoms. The van der Waals surface area contributed by atoms with Gasteiger partial charge in [0.05, 0.1) is 18.6 Å². The molecule has 1 amide bonds. The fourth-order valence-electron chi connectivity index (χ4n) is 3.05. The Morgan fingerprint density at radius 1 is 1.15 bits per heavy atom. The van der Waals surface area contributed by atoms with E-state index in [4.69, 9.17) is 4.74 Å². The molecule has 0 aliphatic carbocycles. The summed E-state index contributed by atoms with van der Waals surface area (Å²) in [5, 5.41) is 2.84. The molecule has 0 bridgehead atoms. The van der Waals surface area contributed by atoms with E-state index in [-0.39, 0.29) is 11.7 Å². The molecule has 0 aromatic heterocycles. The molecular weight excluding hydrogens is 352 g/mol. The zero-order chi connectivity index (χ0) is 18.7. The Kier molecular flexibility index (Phi) is 5.18. The van der Waals surface area contributed by atoms with Gasteiger partial charge in [0.1, 0.15) is 5.75 Å². The van der Waals surface area contributed by atoms with Gasteiger partial charge in [0, 0.05) is 17.8 Å². The largest absolute Gasteiger partial charge is 0.495 e. The maximum atomic E-state index is 12.5. The lowest BCUT2D eigenvalue weighted by Crippen LogP contribution is -2.38. The van der Waals surface area contributed by atoms with Gasteiger partial charge < -0.3 is 10.1 Å². The van der Waals surface area contributed by atoms with Gasteiger partial charge in [-0.15, -0.1) is 0 Å². The number of carbonyl (C=O) groups excluding carboxylic acids is 1. The van der Waals surface area contributed by atoms with Crippen molar-refractivity contribution < 1.29 is 17.9 Å². The summed E-state index contributed by atoms with van der Waals surface area (Å²) in [5.74, 6) is 0.348. The first-order valence-electron chi connectivity index (χ1n) is 8.48. The Hall–Kier alpha value is -2.54. The molecule has 0 atom stereocenters. The highest BCUT2D eigenvalue weighted by Gasteiger charge is 2.28. The third kappa shape index (κ3) is 3.67. The highest BCUT2D eigenvalue weighted by molar-refractivity contribution is 7.92. The second kappa shape index (κ2) is 7.37. The Balaban J connectivity index is 1.93. The maximum Gasteiger partial charge on any atom is 0.255 e. The van der Waals surface area contributed by atoms with Crippen LogP contribution in [0.5, 0.6) is 5.75 Å². The SMILES string of the molecule is COc1ccc(NC(=O)c2ccccc2C)cc1N1CCCCS1(=O)=O. The van der Waals surface area contributed by atoms with Crippen LogP contribution in [-0.4, -0.2) is 33.7 Å². The molecule has 26 heavy (non-hydrogen) atoms. The number of nitrogens with one attached hydrogen (secondary N) is 1. The molecule has 0 spiro atoms. The average Bonchev–Trinajstić information content (AvgIpc) is 2.61. The fourth-order valence-corrected chi connectivity index (χ4v) is 4.69. The van der Waals surface area contributed by atoms with Crippen LogP contribution in [0.1, 0.15) is 28.8 Å². The number of carbonyl (C=O) groups is 1. The van der Waals surface area contributed by atoms with Crippen molar-refractivity contribution >= 4 is 27.3 Å². The van der Waals surface area contributed by atoms with Crippen LogP contribution < -0.4 is 14.4 Å². The standard InChI is InChI=1S/C19H22N2O4S/c1-14-7-3-4-8-16(14)19(22)20-15-9-10-18(25-2)17(13-15)21-11-5-6-12-26(21,23)24/h3-4,7-10,13H,5-6,11-12H2,1-2H3,(H,20,22). The predicted octanol–water partition coefficient (Wildman–Crippen LogP) is 3.19. The molecule has 1 saturated heterocycles. The van der Waals surface area contributed by atoms with Crippen molar-refractivity contribution in [3.8, 4) is 5.75 Å². The number of amides is 1. The van der Waals surface area contributed by atoms with Gasteiger partial charge in [0.2, 0.25) is 10.0 Å². The molecule has 1 N–H and O–H groups in total. The Morgan fingerprint density at radius 2 is 1.92 bits per heavy atom. The molecule has 0 saturated carbocycles. The van der Waals surface area contributed by atoms with Crippen LogP contribution >= 0.6 is 0 Å². The molecule has 1 heterocycles. The minimum atomic E-state index is -3.37. The summed E-state index contributed by atoms with van der Waals surface area (Å²) in [6, 6.07) is 12.3. The average molecular weight is 374 g/mol. The van der Waals surface area contributed by atoms with Crippen molar-refractivity contribution in [3.63, 3.8) is 0 Å². The Bertz CT molecular complexity index is 925. The second-order valence-electron chi connectivity index (χ2n) is 6.25. The number of aryl methyl sites for hydroxylation is 1. The van der Waals surface area contributed by atoms with E-state index < -0.39 is 10.0 Å². The monoisotopic (exact) mass is 374 g/mol. The fraction of sp³-hybridized carbons (Fsp3) is 0.316. The summed E-state index contributed by atoms with van der Waals surface area (Å²) in [5.41, 5.74) is 2.43. The van der Waals surface area contributed by atoms with Gasteiger partial charge in [0.25, 0.3) is 5.91 Å². The smallest absolute Gasteiger partial charge is 0.255 e. The molecule has 1 fully saturated rings. The van der Waals surface area contributed by atoms with E-state index in [1.54, 1.807) is 24.3 Å². The van der Waals surface area contributed by atoms with E-state index in [0.717, 1.165) is 12.0 Å². The molecule has 6 nitrogen and oxygen atoms in total. The first kappa shape index (κ1) is 18.3. The molecule has 1 aliphatic rings. The number of methoxy groups -OCH3 is 1. The second-order valence-corrected chi connectivity index (χ2v) is 8.26. The third-order valence-corrected chi connectivity index (χ3v) is 6.30. The summed E-state index contributed by atoms with van der Waals surface area (Å²) in [6.07, 6.45) is 1.45. The van der Waals surface area contributed by atoms with Gasteiger partial charge in [-0.05, 0) is 49.6 Å². The van der Waals surface area contributed by atoms with E-state index in [1.165, 1.54) is 11.4 Å². The van der Waals surface area contributed by atoms with E-state index in [1.807, 2.05) is 25.1 Å². The Labute approximate surface area is 153 Å². The number of hydrogen-bond acceptors (Lipinski definition) is 4. The molecule has 138 valence electrons. The molecule has 3 rings (SSSR count). The van der Waals surface area contributed by atoms with Gasteiger partial charge in [-0.25, -0.2) is 8.42 Å². The number of ether oxygens (including phenoxy) is 1. The molecule has 2 aromatic carbocycles. The lowest BCUT2D eigenvalue weighted by molar-refractivity contribution is 0.102. The Morgan fingerprint density at radius 3 is 2.62 bits per heavy atom. The van der Waals surface area contributed by atoms with Crippen molar-refractivity contribution in [1.82, 2.24) is 0 Å². The summed E-state index contributed by atoms with van der Waals surface area (Å²) >= 11 is 0. The van der Waals surface area contributed by atoms with Crippen molar-refractivity contribution in [2.75, 3.05) is 29.0 Å². The molecule has 0 unspecified atom stereocenters. The summed E-state index contributed by atoms with van der Waals surface area (Å²) in [7, 11) is -1.87. The maximum absolute atomic E-state index is 12.5. The summed E-state index contributed by atoms with van der Waals surface area (Å²) in [4.78, 5) is 12.5. The number of hydrogen-bond donors (Lipinski definition) is 1. The van der Waals surface area contributed by atoms with Gasteiger partial charge in [-0.2, -0.15) is 0 Å². The zero-order valence-corrected chi connectivity index (χ0v) is 15.7. The van der Waals surface area contributed by atoms with E-state index in [0.29, 0.717) is 35.7 Å². The molecule has 2 aromatic rings. The summed E-state index contributed by atoms with van der Waals surface area (Å²) < 4.78 is 31.6. The van der Waals surface area contributed by atoms with Gasteiger partial charge in [-0.3, -0.25) is 9.10 Å². The first-order chi connectivity index (χ1) is 12.4. The quantitative estimate of drug-likeness (QED) is 0.892. The van der Waals surface area contributed by atoms with E-state index in [9.17, 15) is 13.2 Å². The third-order valence-electron chi connectivity index (χ3n) is 4.44. The van der Waals surface area contributed by atoms with E-state index >= 15 is 0 Å². The van der Waals surface area contributed by atoms with Crippen LogP contribution in [0.25, 0.3) is 0 Å². The van der Waals surface area contributed by atoms with Crippen LogP contribution in [0.15, 0.2) is 42.5 Å². The van der Waals surface area contributed by atoms with Crippen LogP contribution in [0, 0.1) is 6.92 Å².